The van der Waals surface area contributed by atoms with E-state index in [1.807, 2.05) is 0 Å². The number of amides is 1. The molecule has 0 bridgehead atoms. The summed E-state index contributed by atoms with van der Waals surface area (Å²) in [6, 6.07) is 0.0491. The fraction of sp³-hybridized carbons (Fsp3) is 0.917. The molecule has 2 unspecified atom stereocenters. The Morgan fingerprint density at radius 1 is 1.44 bits per heavy atom. The van der Waals surface area contributed by atoms with Crippen LogP contribution >= 0.6 is 0 Å². The highest BCUT2D eigenvalue weighted by Gasteiger charge is 2.42. The average Bonchev–Trinajstić information content (AvgIpc) is 2.89. The van der Waals surface area contributed by atoms with Gasteiger partial charge in [0.2, 0.25) is 5.91 Å². The van der Waals surface area contributed by atoms with Gasteiger partial charge in [-0.3, -0.25) is 4.79 Å². The first-order valence-corrected chi connectivity index (χ1v) is 6.31. The van der Waals surface area contributed by atoms with Gasteiger partial charge in [-0.2, -0.15) is 0 Å². The van der Waals surface area contributed by atoms with Crippen molar-refractivity contribution in [3.63, 3.8) is 0 Å². The maximum atomic E-state index is 11.9. The van der Waals surface area contributed by atoms with Gasteiger partial charge in [0, 0.05) is 19.2 Å². The smallest absolute Gasteiger partial charge is 0.224 e. The second kappa shape index (κ2) is 4.72. The van der Waals surface area contributed by atoms with Gasteiger partial charge < -0.3 is 16.2 Å². The van der Waals surface area contributed by atoms with Crippen molar-refractivity contribution in [1.29, 1.82) is 0 Å². The zero-order valence-corrected chi connectivity index (χ0v) is 9.74. The van der Waals surface area contributed by atoms with Gasteiger partial charge in [0.05, 0.1) is 5.92 Å². The Labute approximate surface area is 96.6 Å². The zero-order chi connectivity index (χ0) is 11.6. The van der Waals surface area contributed by atoms with Gasteiger partial charge in [-0.1, -0.05) is 6.42 Å². The van der Waals surface area contributed by atoms with Crippen LogP contribution in [0.4, 0.5) is 0 Å². The number of aliphatic hydroxyl groups is 1. The Hall–Kier alpha value is -0.610. The minimum Gasteiger partial charge on any atom is -0.396 e. The number of nitrogens with one attached hydrogen (secondary N) is 1. The quantitative estimate of drug-likeness (QED) is 0.635. The SMILES string of the molecule is NC1CCCC1C(=O)NCC1(CCO)CC1. The van der Waals surface area contributed by atoms with Crippen molar-refractivity contribution in [2.45, 2.75) is 44.6 Å². The van der Waals surface area contributed by atoms with E-state index in [1.165, 1.54) is 0 Å². The van der Waals surface area contributed by atoms with E-state index in [2.05, 4.69) is 5.32 Å². The van der Waals surface area contributed by atoms with Crippen molar-refractivity contribution in [1.82, 2.24) is 5.32 Å². The van der Waals surface area contributed by atoms with Crippen LogP contribution in [-0.2, 0) is 4.79 Å². The van der Waals surface area contributed by atoms with E-state index in [0.717, 1.165) is 45.1 Å². The monoisotopic (exact) mass is 226 g/mol. The third-order valence-corrected chi connectivity index (χ3v) is 4.14. The van der Waals surface area contributed by atoms with Crippen LogP contribution in [0.25, 0.3) is 0 Å². The molecule has 0 heterocycles. The molecule has 2 atom stereocenters. The van der Waals surface area contributed by atoms with E-state index in [0.29, 0.717) is 0 Å². The summed E-state index contributed by atoms with van der Waals surface area (Å²) in [7, 11) is 0. The van der Waals surface area contributed by atoms with E-state index in [-0.39, 0.29) is 29.9 Å². The van der Waals surface area contributed by atoms with Crippen LogP contribution in [-0.4, -0.2) is 30.2 Å². The molecule has 0 aromatic carbocycles. The largest absolute Gasteiger partial charge is 0.396 e. The highest BCUT2D eigenvalue weighted by atomic mass is 16.3. The third kappa shape index (κ3) is 2.55. The molecular weight excluding hydrogens is 204 g/mol. The van der Waals surface area contributed by atoms with Crippen LogP contribution < -0.4 is 11.1 Å². The molecule has 92 valence electrons. The minimum atomic E-state index is 0.0185. The summed E-state index contributed by atoms with van der Waals surface area (Å²) >= 11 is 0. The first-order chi connectivity index (χ1) is 7.67. The molecule has 0 spiro atoms. The summed E-state index contributed by atoms with van der Waals surface area (Å²) in [6.07, 6.45) is 6.04. The van der Waals surface area contributed by atoms with Gasteiger partial charge in [0.15, 0.2) is 0 Å². The van der Waals surface area contributed by atoms with Gasteiger partial charge in [-0.05, 0) is 37.5 Å². The van der Waals surface area contributed by atoms with Crippen molar-refractivity contribution >= 4 is 5.91 Å². The number of aliphatic hydroxyl groups excluding tert-OH is 1. The van der Waals surface area contributed by atoms with Crippen LogP contribution in [0.5, 0.6) is 0 Å². The van der Waals surface area contributed by atoms with Crippen LogP contribution in [0.15, 0.2) is 0 Å². The molecule has 0 aliphatic heterocycles. The predicted molar refractivity (Wildman–Crippen MR) is 61.7 cm³/mol. The lowest BCUT2D eigenvalue weighted by Crippen LogP contribution is -2.40. The van der Waals surface area contributed by atoms with E-state index in [9.17, 15) is 4.79 Å². The summed E-state index contributed by atoms with van der Waals surface area (Å²) in [6.45, 7) is 0.939. The lowest BCUT2D eigenvalue weighted by atomic mass is 10.0. The number of rotatable bonds is 5. The van der Waals surface area contributed by atoms with Crippen molar-refractivity contribution in [2.24, 2.45) is 17.1 Å². The van der Waals surface area contributed by atoms with Crippen molar-refractivity contribution in [3.8, 4) is 0 Å². The zero-order valence-electron chi connectivity index (χ0n) is 9.74. The highest BCUT2D eigenvalue weighted by molar-refractivity contribution is 5.79. The van der Waals surface area contributed by atoms with E-state index >= 15 is 0 Å². The third-order valence-electron chi connectivity index (χ3n) is 4.14. The normalized spacial score (nSPS) is 31.4. The number of hydrogen-bond acceptors (Lipinski definition) is 3. The van der Waals surface area contributed by atoms with Crippen molar-refractivity contribution < 1.29 is 9.90 Å². The molecule has 4 N–H and O–H groups in total. The molecule has 0 radical (unpaired) electrons. The average molecular weight is 226 g/mol. The Bertz CT molecular complexity index is 264. The maximum absolute atomic E-state index is 11.9. The van der Waals surface area contributed by atoms with E-state index in [1.54, 1.807) is 0 Å². The summed E-state index contributed by atoms with van der Waals surface area (Å²) in [5.41, 5.74) is 6.09. The van der Waals surface area contributed by atoms with Gasteiger partial charge in [0.25, 0.3) is 0 Å². The topological polar surface area (TPSA) is 75.4 Å². The van der Waals surface area contributed by atoms with Gasteiger partial charge in [0.1, 0.15) is 0 Å². The minimum absolute atomic E-state index is 0.0185. The molecule has 0 saturated heterocycles. The van der Waals surface area contributed by atoms with Gasteiger partial charge >= 0.3 is 0 Å². The molecule has 2 rings (SSSR count). The Morgan fingerprint density at radius 3 is 2.69 bits per heavy atom. The van der Waals surface area contributed by atoms with Crippen LogP contribution in [0.1, 0.15) is 38.5 Å². The number of hydrogen-bond donors (Lipinski definition) is 3. The van der Waals surface area contributed by atoms with E-state index < -0.39 is 0 Å². The Balaban J connectivity index is 1.75. The maximum Gasteiger partial charge on any atom is 0.224 e. The molecule has 2 saturated carbocycles. The molecule has 2 aliphatic rings. The number of carbonyl (C=O) groups excluding carboxylic acids is 1. The Morgan fingerprint density at radius 2 is 2.19 bits per heavy atom. The standard InChI is InChI=1S/C12H22N2O2/c13-10-3-1-2-9(10)11(16)14-8-12(4-5-12)6-7-15/h9-10,15H,1-8,13H2,(H,14,16). The second-order valence-corrected chi connectivity index (χ2v) is 5.39. The lowest BCUT2D eigenvalue weighted by molar-refractivity contribution is -0.125. The first-order valence-electron chi connectivity index (χ1n) is 6.31. The van der Waals surface area contributed by atoms with Crippen LogP contribution in [0.2, 0.25) is 0 Å². The van der Waals surface area contributed by atoms with Gasteiger partial charge in [-0.15, -0.1) is 0 Å². The van der Waals surface area contributed by atoms with Crippen LogP contribution in [0.3, 0.4) is 0 Å². The number of carbonyl (C=O) groups is 1. The molecule has 0 aromatic heterocycles. The number of nitrogens with two attached hydrogens (primary N) is 1. The molecule has 2 fully saturated rings. The molecule has 1 amide bonds. The lowest BCUT2D eigenvalue weighted by Gasteiger charge is -2.19. The fourth-order valence-electron chi connectivity index (χ4n) is 2.65. The Kier molecular flexibility index (Phi) is 3.50. The summed E-state index contributed by atoms with van der Waals surface area (Å²) < 4.78 is 0. The fourth-order valence-corrected chi connectivity index (χ4v) is 2.65. The van der Waals surface area contributed by atoms with Crippen molar-refractivity contribution in [2.75, 3.05) is 13.2 Å². The summed E-state index contributed by atoms with van der Waals surface area (Å²) in [5, 5.41) is 11.9. The summed E-state index contributed by atoms with van der Waals surface area (Å²) in [5.74, 6) is 0.138. The molecular formula is C12H22N2O2. The second-order valence-electron chi connectivity index (χ2n) is 5.39. The molecule has 0 aromatic rings. The predicted octanol–water partition coefficient (Wildman–Crippen LogP) is 0.393. The van der Waals surface area contributed by atoms with Gasteiger partial charge in [-0.25, -0.2) is 0 Å². The molecule has 4 heteroatoms. The highest BCUT2D eigenvalue weighted by Crippen LogP contribution is 2.47. The van der Waals surface area contributed by atoms with Crippen LogP contribution in [0, 0.1) is 11.3 Å². The molecule has 4 nitrogen and oxygen atoms in total. The molecule has 2 aliphatic carbocycles. The van der Waals surface area contributed by atoms with Crippen molar-refractivity contribution in [3.05, 3.63) is 0 Å². The molecule has 16 heavy (non-hydrogen) atoms. The summed E-state index contributed by atoms with van der Waals surface area (Å²) in [4.78, 5) is 11.9. The first kappa shape index (κ1) is 11.9. The van der Waals surface area contributed by atoms with E-state index in [4.69, 9.17) is 10.8 Å².